The highest BCUT2D eigenvalue weighted by molar-refractivity contribution is 7.03. The number of aliphatic hydroxyl groups is 1. The van der Waals surface area contributed by atoms with Crippen molar-refractivity contribution in [2.45, 2.75) is 6.10 Å². The van der Waals surface area contributed by atoms with Gasteiger partial charge in [0.1, 0.15) is 11.8 Å². The average Bonchev–Trinajstić information content (AvgIpc) is 2.71. The fourth-order valence-electron chi connectivity index (χ4n) is 1.11. The van der Waals surface area contributed by atoms with Crippen molar-refractivity contribution in [1.29, 1.82) is 0 Å². The van der Waals surface area contributed by atoms with Crippen molar-refractivity contribution in [2.75, 3.05) is 0 Å². The monoisotopic (exact) mass is 226 g/mol. The summed E-state index contributed by atoms with van der Waals surface area (Å²) in [5.41, 5.74) is 1.33. The molecule has 0 aliphatic heterocycles. The molecule has 14 heavy (non-hydrogen) atoms. The average molecular weight is 227 g/mol. The molecule has 1 heterocycles. The molecule has 1 N–H and O–H groups in total. The zero-order valence-electron chi connectivity index (χ0n) is 7.09. The summed E-state index contributed by atoms with van der Waals surface area (Å²) in [5, 5.41) is 16.0. The van der Waals surface area contributed by atoms with Gasteiger partial charge in [-0.05, 0) is 29.2 Å². The van der Waals surface area contributed by atoms with Crippen LogP contribution in [0.1, 0.15) is 17.4 Å². The Labute approximate surface area is 90.1 Å². The molecule has 1 aromatic heterocycles. The van der Waals surface area contributed by atoms with Gasteiger partial charge in [-0.15, -0.1) is 5.10 Å². The summed E-state index contributed by atoms with van der Waals surface area (Å²) in [4.78, 5) is 0. The number of hydrogen-bond acceptors (Lipinski definition) is 4. The number of nitrogens with zero attached hydrogens (tertiary/aromatic N) is 2. The number of benzene rings is 1. The Hall–Kier alpha value is -0.970. The van der Waals surface area contributed by atoms with Crippen molar-refractivity contribution >= 4 is 23.1 Å². The molecule has 1 atom stereocenters. The molecule has 2 aromatic rings. The number of aliphatic hydroxyl groups excluding tert-OH is 1. The minimum atomic E-state index is -0.717. The van der Waals surface area contributed by atoms with E-state index in [-0.39, 0.29) is 0 Å². The molecule has 0 aliphatic rings. The molecule has 1 unspecified atom stereocenters. The van der Waals surface area contributed by atoms with E-state index in [1.54, 1.807) is 29.6 Å². The summed E-state index contributed by atoms with van der Waals surface area (Å²) < 4.78 is 3.69. The van der Waals surface area contributed by atoms with Crippen molar-refractivity contribution in [3.05, 3.63) is 45.9 Å². The van der Waals surface area contributed by atoms with Crippen LogP contribution in [-0.2, 0) is 0 Å². The fourth-order valence-corrected chi connectivity index (χ4v) is 1.71. The fraction of sp³-hybridized carbons (Fsp3) is 0.111. The molecule has 3 nitrogen and oxygen atoms in total. The summed E-state index contributed by atoms with van der Waals surface area (Å²) in [6.07, 6.45) is -0.717. The highest BCUT2D eigenvalue weighted by atomic mass is 35.5. The SMILES string of the molecule is OC(c1ccc(Cl)cc1)c1csnn1. The third-order valence-electron chi connectivity index (χ3n) is 1.84. The van der Waals surface area contributed by atoms with Crippen molar-refractivity contribution in [3.8, 4) is 0 Å². The Morgan fingerprint density at radius 3 is 2.57 bits per heavy atom. The van der Waals surface area contributed by atoms with Crippen LogP contribution in [0.15, 0.2) is 29.6 Å². The number of hydrogen-bond donors (Lipinski definition) is 1. The molecule has 0 radical (unpaired) electrons. The quantitative estimate of drug-likeness (QED) is 0.855. The summed E-state index contributed by atoms with van der Waals surface area (Å²) >= 11 is 6.95. The molecule has 72 valence electrons. The zero-order chi connectivity index (χ0) is 9.97. The van der Waals surface area contributed by atoms with Gasteiger partial charge in [-0.2, -0.15) is 0 Å². The van der Waals surface area contributed by atoms with Gasteiger partial charge in [0.2, 0.25) is 0 Å². The minimum Gasteiger partial charge on any atom is -0.382 e. The minimum absolute atomic E-state index is 0.567. The van der Waals surface area contributed by atoms with Crippen LogP contribution in [0.3, 0.4) is 0 Å². The van der Waals surface area contributed by atoms with Gasteiger partial charge in [0, 0.05) is 10.4 Å². The molecule has 0 aliphatic carbocycles. The Kier molecular flexibility index (Phi) is 2.77. The maximum Gasteiger partial charge on any atom is 0.124 e. The van der Waals surface area contributed by atoms with E-state index in [1.807, 2.05) is 0 Å². The van der Waals surface area contributed by atoms with Gasteiger partial charge in [-0.1, -0.05) is 28.2 Å². The van der Waals surface area contributed by atoms with E-state index < -0.39 is 6.10 Å². The first-order chi connectivity index (χ1) is 6.77. The second kappa shape index (κ2) is 4.04. The third kappa shape index (κ3) is 1.92. The molecule has 2 rings (SSSR count). The molecule has 0 fully saturated rings. The number of aromatic nitrogens is 2. The predicted molar refractivity (Wildman–Crippen MR) is 55.4 cm³/mol. The second-order valence-electron chi connectivity index (χ2n) is 2.78. The van der Waals surface area contributed by atoms with Gasteiger partial charge in [-0.25, -0.2) is 0 Å². The first-order valence-electron chi connectivity index (χ1n) is 3.98. The molecule has 5 heteroatoms. The zero-order valence-corrected chi connectivity index (χ0v) is 8.66. The number of rotatable bonds is 2. The first-order valence-corrected chi connectivity index (χ1v) is 5.19. The van der Waals surface area contributed by atoms with Crippen LogP contribution < -0.4 is 0 Å². The van der Waals surface area contributed by atoms with Crippen LogP contribution in [0.5, 0.6) is 0 Å². The molecule has 0 saturated carbocycles. The van der Waals surface area contributed by atoms with E-state index in [4.69, 9.17) is 11.6 Å². The van der Waals surface area contributed by atoms with Gasteiger partial charge >= 0.3 is 0 Å². The molecular weight excluding hydrogens is 220 g/mol. The van der Waals surface area contributed by atoms with Gasteiger partial charge < -0.3 is 5.11 Å². The lowest BCUT2D eigenvalue weighted by molar-refractivity contribution is 0.215. The van der Waals surface area contributed by atoms with Gasteiger partial charge in [-0.3, -0.25) is 0 Å². The highest BCUT2D eigenvalue weighted by Crippen LogP contribution is 2.21. The summed E-state index contributed by atoms with van der Waals surface area (Å²) in [5.74, 6) is 0. The Morgan fingerprint density at radius 1 is 1.29 bits per heavy atom. The van der Waals surface area contributed by atoms with Crippen molar-refractivity contribution in [1.82, 2.24) is 9.59 Å². The van der Waals surface area contributed by atoms with E-state index in [0.29, 0.717) is 10.7 Å². The Balaban J connectivity index is 2.28. The van der Waals surface area contributed by atoms with E-state index in [0.717, 1.165) is 5.56 Å². The van der Waals surface area contributed by atoms with E-state index in [2.05, 4.69) is 9.59 Å². The standard InChI is InChI=1S/C9H7ClN2OS/c10-7-3-1-6(2-4-7)9(13)8-5-14-12-11-8/h1-5,9,13H. The van der Waals surface area contributed by atoms with E-state index in [1.165, 1.54) is 11.5 Å². The van der Waals surface area contributed by atoms with Crippen molar-refractivity contribution in [3.63, 3.8) is 0 Å². The van der Waals surface area contributed by atoms with Crippen LogP contribution in [0.2, 0.25) is 5.02 Å². The second-order valence-corrected chi connectivity index (χ2v) is 3.83. The van der Waals surface area contributed by atoms with Gasteiger partial charge in [0.25, 0.3) is 0 Å². The van der Waals surface area contributed by atoms with E-state index in [9.17, 15) is 5.11 Å². The Morgan fingerprint density at radius 2 is 2.00 bits per heavy atom. The third-order valence-corrected chi connectivity index (χ3v) is 2.62. The lowest BCUT2D eigenvalue weighted by Crippen LogP contribution is -1.99. The normalized spacial score (nSPS) is 12.7. The van der Waals surface area contributed by atoms with Gasteiger partial charge in [0.05, 0.1) is 0 Å². The van der Waals surface area contributed by atoms with Crippen molar-refractivity contribution < 1.29 is 5.11 Å². The summed E-state index contributed by atoms with van der Waals surface area (Å²) in [7, 11) is 0. The van der Waals surface area contributed by atoms with Crippen LogP contribution >= 0.6 is 23.1 Å². The topological polar surface area (TPSA) is 46.0 Å². The van der Waals surface area contributed by atoms with E-state index >= 15 is 0 Å². The molecule has 0 saturated heterocycles. The van der Waals surface area contributed by atoms with Crippen LogP contribution in [0.4, 0.5) is 0 Å². The lowest BCUT2D eigenvalue weighted by Gasteiger charge is -2.06. The maximum absolute atomic E-state index is 9.83. The Bertz CT molecular complexity index is 401. The van der Waals surface area contributed by atoms with Crippen LogP contribution in [0.25, 0.3) is 0 Å². The molecular formula is C9H7ClN2OS. The number of halogens is 1. The summed E-state index contributed by atoms with van der Waals surface area (Å²) in [6.45, 7) is 0. The molecule has 0 bridgehead atoms. The largest absolute Gasteiger partial charge is 0.382 e. The van der Waals surface area contributed by atoms with Gasteiger partial charge in [0.15, 0.2) is 0 Å². The maximum atomic E-state index is 9.83. The molecule has 0 amide bonds. The van der Waals surface area contributed by atoms with Crippen LogP contribution in [0, 0.1) is 0 Å². The van der Waals surface area contributed by atoms with Crippen LogP contribution in [-0.4, -0.2) is 14.7 Å². The van der Waals surface area contributed by atoms with Crippen molar-refractivity contribution in [2.24, 2.45) is 0 Å². The highest BCUT2D eigenvalue weighted by Gasteiger charge is 2.12. The smallest absolute Gasteiger partial charge is 0.124 e. The first kappa shape index (κ1) is 9.58. The predicted octanol–water partition coefficient (Wildman–Crippen LogP) is 2.27. The molecule has 1 aromatic carbocycles. The summed E-state index contributed by atoms with van der Waals surface area (Å²) in [6, 6.07) is 7.01. The lowest BCUT2D eigenvalue weighted by atomic mass is 10.1. The molecule has 0 spiro atoms.